The zero-order valence-corrected chi connectivity index (χ0v) is 13.7. The first-order valence-electron chi connectivity index (χ1n) is 7.84. The fourth-order valence-electron chi connectivity index (χ4n) is 2.45. The van der Waals surface area contributed by atoms with Crippen LogP contribution in [0.25, 0.3) is 17.1 Å². The van der Waals surface area contributed by atoms with E-state index < -0.39 is 11.9 Å². The summed E-state index contributed by atoms with van der Waals surface area (Å²) in [6.07, 6.45) is 2.21. The van der Waals surface area contributed by atoms with Gasteiger partial charge in [-0.3, -0.25) is 4.79 Å². The van der Waals surface area contributed by atoms with Gasteiger partial charge in [0.1, 0.15) is 6.33 Å². The van der Waals surface area contributed by atoms with Crippen molar-refractivity contribution in [2.24, 2.45) is 5.92 Å². The predicted molar refractivity (Wildman–Crippen MR) is 92.0 cm³/mol. The van der Waals surface area contributed by atoms with Gasteiger partial charge in [-0.1, -0.05) is 48.9 Å². The van der Waals surface area contributed by atoms with Crippen LogP contribution in [-0.2, 0) is 11.2 Å². The Bertz CT molecular complexity index is 836. The monoisotopic (exact) mass is 321 g/mol. The van der Waals surface area contributed by atoms with Gasteiger partial charge >= 0.3 is 5.97 Å². The van der Waals surface area contributed by atoms with E-state index in [0.29, 0.717) is 12.2 Å². The number of hydrogen-bond donors (Lipinski definition) is 1. The fourth-order valence-corrected chi connectivity index (χ4v) is 2.45. The molecule has 0 fully saturated rings. The van der Waals surface area contributed by atoms with Crippen molar-refractivity contribution in [2.75, 3.05) is 0 Å². The quantitative estimate of drug-likeness (QED) is 0.781. The average Bonchev–Trinajstić information content (AvgIpc) is 3.06. The van der Waals surface area contributed by atoms with Crippen molar-refractivity contribution >= 4 is 5.97 Å². The molecule has 5 heteroatoms. The number of rotatable bonds is 5. The van der Waals surface area contributed by atoms with Crippen LogP contribution in [0.15, 0.2) is 54.9 Å². The van der Waals surface area contributed by atoms with Crippen LogP contribution in [-0.4, -0.2) is 25.8 Å². The summed E-state index contributed by atoms with van der Waals surface area (Å²) in [4.78, 5) is 15.3. The van der Waals surface area contributed by atoms with E-state index in [2.05, 4.69) is 10.1 Å². The molecule has 1 N–H and O–H groups in total. The lowest BCUT2D eigenvalue weighted by atomic mass is 10.0. The smallest absolute Gasteiger partial charge is 0.306 e. The van der Waals surface area contributed by atoms with E-state index in [1.54, 1.807) is 17.9 Å². The zero-order valence-electron chi connectivity index (χ0n) is 13.7. The molecular formula is C19H19N3O2. The number of nitrogens with zero attached hydrogens (tertiary/aromatic N) is 3. The number of benzene rings is 2. The molecule has 0 saturated carbocycles. The number of carbonyl (C=O) groups is 1. The zero-order chi connectivity index (χ0) is 17.1. The lowest BCUT2D eigenvalue weighted by molar-refractivity contribution is -0.141. The topological polar surface area (TPSA) is 68.0 Å². The fraction of sp³-hybridized carbons (Fsp3) is 0.211. The maximum atomic E-state index is 10.9. The summed E-state index contributed by atoms with van der Waals surface area (Å²) >= 11 is 0. The molecule has 0 bridgehead atoms. The summed E-state index contributed by atoms with van der Waals surface area (Å²) in [5.74, 6) is -0.527. The van der Waals surface area contributed by atoms with Gasteiger partial charge in [0.2, 0.25) is 0 Å². The van der Waals surface area contributed by atoms with Crippen LogP contribution in [0, 0.1) is 12.8 Å². The Balaban J connectivity index is 1.78. The van der Waals surface area contributed by atoms with Crippen molar-refractivity contribution in [3.8, 4) is 17.1 Å². The molecule has 0 aliphatic heterocycles. The molecule has 3 aromatic rings. The van der Waals surface area contributed by atoms with E-state index in [9.17, 15) is 4.79 Å². The molecule has 122 valence electrons. The van der Waals surface area contributed by atoms with Crippen LogP contribution in [0.3, 0.4) is 0 Å². The van der Waals surface area contributed by atoms with E-state index in [4.69, 9.17) is 5.11 Å². The molecule has 24 heavy (non-hydrogen) atoms. The summed E-state index contributed by atoms with van der Waals surface area (Å²) in [7, 11) is 0. The molecule has 1 heterocycles. The maximum absolute atomic E-state index is 10.9. The first kappa shape index (κ1) is 15.9. The average molecular weight is 321 g/mol. The number of hydrogen-bond acceptors (Lipinski definition) is 3. The highest BCUT2D eigenvalue weighted by Gasteiger charge is 2.12. The molecule has 0 amide bonds. The Kier molecular flexibility index (Phi) is 4.42. The Morgan fingerprint density at radius 1 is 1.12 bits per heavy atom. The lowest BCUT2D eigenvalue weighted by Gasteiger charge is -2.06. The second-order valence-corrected chi connectivity index (χ2v) is 5.99. The minimum absolute atomic E-state index is 0.394. The number of carboxylic acids is 1. The van der Waals surface area contributed by atoms with Gasteiger partial charge in [-0.2, -0.15) is 0 Å². The molecule has 0 saturated heterocycles. The van der Waals surface area contributed by atoms with E-state index >= 15 is 0 Å². The van der Waals surface area contributed by atoms with E-state index in [1.807, 2.05) is 55.5 Å². The number of aromatic nitrogens is 3. The van der Waals surface area contributed by atoms with Gasteiger partial charge in [0.15, 0.2) is 5.82 Å². The minimum Gasteiger partial charge on any atom is -0.481 e. The second-order valence-electron chi connectivity index (χ2n) is 5.99. The molecule has 0 spiro atoms. The molecule has 1 atom stereocenters. The van der Waals surface area contributed by atoms with Crippen LogP contribution < -0.4 is 0 Å². The first-order chi connectivity index (χ1) is 11.5. The van der Waals surface area contributed by atoms with Crippen molar-refractivity contribution in [3.63, 3.8) is 0 Å². The van der Waals surface area contributed by atoms with Crippen LogP contribution in [0.4, 0.5) is 0 Å². The van der Waals surface area contributed by atoms with Gasteiger partial charge in [-0.25, -0.2) is 9.67 Å². The third-order valence-electron chi connectivity index (χ3n) is 3.97. The highest BCUT2D eigenvalue weighted by molar-refractivity contribution is 5.70. The van der Waals surface area contributed by atoms with Crippen molar-refractivity contribution in [1.29, 1.82) is 0 Å². The van der Waals surface area contributed by atoms with Gasteiger partial charge in [0.05, 0.1) is 11.6 Å². The standard InChI is InChI=1S/C19H19N3O2/c1-13-3-9-17(10-4-13)22-12-20-18(21-22)16-7-5-15(6-8-16)11-14(2)19(23)24/h3-10,12,14H,11H2,1-2H3,(H,23,24). The van der Waals surface area contributed by atoms with E-state index in [1.165, 1.54) is 5.56 Å². The third-order valence-corrected chi connectivity index (χ3v) is 3.97. The largest absolute Gasteiger partial charge is 0.481 e. The summed E-state index contributed by atoms with van der Waals surface area (Å²) in [5.41, 5.74) is 4.07. The van der Waals surface area contributed by atoms with Crippen LogP contribution >= 0.6 is 0 Å². The summed E-state index contributed by atoms with van der Waals surface area (Å²) in [6.45, 7) is 3.75. The van der Waals surface area contributed by atoms with Gasteiger partial charge in [-0.15, -0.1) is 5.10 Å². The maximum Gasteiger partial charge on any atom is 0.306 e. The normalized spacial score (nSPS) is 12.1. The summed E-state index contributed by atoms with van der Waals surface area (Å²) < 4.78 is 1.75. The third kappa shape index (κ3) is 3.51. The second kappa shape index (κ2) is 6.66. The number of aryl methyl sites for hydroxylation is 1. The highest BCUT2D eigenvalue weighted by Crippen LogP contribution is 2.18. The molecule has 2 aromatic carbocycles. The first-order valence-corrected chi connectivity index (χ1v) is 7.84. The summed E-state index contributed by atoms with van der Waals surface area (Å²) in [6, 6.07) is 15.8. The predicted octanol–water partition coefficient (Wildman–Crippen LogP) is 3.51. The Morgan fingerprint density at radius 2 is 1.79 bits per heavy atom. The lowest BCUT2D eigenvalue weighted by Crippen LogP contribution is -2.12. The van der Waals surface area contributed by atoms with Gasteiger partial charge in [0.25, 0.3) is 0 Å². The van der Waals surface area contributed by atoms with Crippen molar-refractivity contribution < 1.29 is 9.90 Å². The van der Waals surface area contributed by atoms with Crippen molar-refractivity contribution in [2.45, 2.75) is 20.3 Å². The van der Waals surface area contributed by atoms with Gasteiger partial charge in [0, 0.05) is 5.56 Å². The molecule has 3 rings (SSSR count). The Morgan fingerprint density at radius 3 is 2.42 bits per heavy atom. The molecule has 1 unspecified atom stereocenters. The van der Waals surface area contributed by atoms with Gasteiger partial charge in [-0.05, 0) is 31.0 Å². The van der Waals surface area contributed by atoms with E-state index in [-0.39, 0.29) is 0 Å². The van der Waals surface area contributed by atoms with Crippen molar-refractivity contribution in [1.82, 2.24) is 14.8 Å². The Hall–Kier alpha value is -2.95. The van der Waals surface area contributed by atoms with Crippen LogP contribution in [0.1, 0.15) is 18.1 Å². The van der Waals surface area contributed by atoms with Crippen LogP contribution in [0.2, 0.25) is 0 Å². The molecule has 5 nitrogen and oxygen atoms in total. The summed E-state index contributed by atoms with van der Waals surface area (Å²) in [5, 5.41) is 13.5. The minimum atomic E-state index is -0.780. The Labute approximate surface area is 140 Å². The number of aliphatic carboxylic acids is 1. The van der Waals surface area contributed by atoms with E-state index in [0.717, 1.165) is 16.8 Å². The molecule has 1 aromatic heterocycles. The highest BCUT2D eigenvalue weighted by atomic mass is 16.4. The molecule has 0 aliphatic carbocycles. The molecule has 0 aliphatic rings. The van der Waals surface area contributed by atoms with Crippen molar-refractivity contribution in [3.05, 3.63) is 66.0 Å². The van der Waals surface area contributed by atoms with Gasteiger partial charge < -0.3 is 5.11 Å². The molecular weight excluding hydrogens is 302 g/mol. The van der Waals surface area contributed by atoms with Crippen LogP contribution in [0.5, 0.6) is 0 Å². The number of carboxylic acid groups (broad SMARTS) is 1. The molecule has 0 radical (unpaired) electrons. The SMILES string of the molecule is Cc1ccc(-n2cnc(-c3ccc(CC(C)C(=O)O)cc3)n2)cc1.